The molecule has 0 bridgehead atoms. The first kappa shape index (κ1) is 18.2. The minimum atomic E-state index is -0.537. The maximum Gasteiger partial charge on any atom is 0.367 e. The number of quaternary nitrogens is 1. The van der Waals surface area contributed by atoms with Gasteiger partial charge in [0, 0.05) is 0 Å². The largest absolute Gasteiger partial charge is 0.484 e. The maximum atomic E-state index is 12.1. The van der Waals surface area contributed by atoms with Crippen LogP contribution in [0.2, 0.25) is 0 Å². The van der Waals surface area contributed by atoms with Gasteiger partial charge in [-0.3, -0.25) is 0 Å². The van der Waals surface area contributed by atoms with Crippen molar-refractivity contribution in [2.75, 3.05) is 13.2 Å². The maximum absolute atomic E-state index is 12.1. The summed E-state index contributed by atoms with van der Waals surface area (Å²) < 4.78 is 23.8. The van der Waals surface area contributed by atoms with Crippen LogP contribution in [-0.2, 0) is 19.0 Å². The van der Waals surface area contributed by atoms with Crippen LogP contribution < -0.4 is 10.5 Å². The van der Waals surface area contributed by atoms with Gasteiger partial charge in [0.25, 0.3) is 0 Å². The van der Waals surface area contributed by atoms with E-state index in [0.717, 1.165) is 18.6 Å². The normalized spacial score (nSPS) is 31.7. The number of ether oxygens (including phenoxy) is 4. The van der Waals surface area contributed by atoms with E-state index in [1.807, 2.05) is 37.3 Å². The summed E-state index contributed by atoms with van der Waals surface area (Å²) >= 11 is 0. The fraction of sp³-hybridized carbons (Fsp3) is 0.632. The zero-order valence-electron chi connectivity index (χ0n) is 14.8. The van der Waals surface area contributed by atoms with Crippen LogP contribution >= 0.6 is 0 Å². The lowest BCUT2D eigenvalue weighted by Crippen LogP contribution is -2.67. The van der Waals surface area contributed by atoms with E-state index in [1.54, 1.807) is 0 Å². The highest BCUT2D eigenvalue weighted by Gasteiger charge is 2.38. The molecule has 25 heavy (non-hydrogen) atoms. The smallest absolute Gasteiger partial charge is 0.367 e. The molecule has 1 aromatic carbocycles. The quantitative estimate of drug-likeness (QED) is 0.829. The van der Waals surface area contributed by atoms with Gasteiger partial charge in [-0.05, 0) is 31.9 Å². The first-order valence-corrected chi connectivity index (χ1v) is 9.12. The van der Waals surface area contributed by atoms with E-state index in [4.69, 9.17) is 18.9 Å². The van der Waals surface area contributed by atoms with E-state index in [0.29, 0.717) is 6.61 Å². The Balaban J connectivity index is 1.78. The second kappa shape index (κ2) is 8.65. The van der Waals surface area contributed by atoms with Crippen molar-refractivity contribution < 1.29 is 29.5 Å². The van der Waals surface area contributed by atoms with E-state index in [9.17, 15) is 4.79 Å². The molecule has 1 heterocycles. The number of carbonyl (C=O) groups excluding carboxylic acids is 1. The van der Waals surface area contributed by atoms with Crippen LogP contribution in [0.3, 0.4) is 0 Å². The van der Waals surface area contributed by atoms with Crippen LogP contribution in [0.15, 0.2) is 30.3 Å². The summed E-state index contributed by atoms with van der Waals surface area (Å²) in [6, 6.07) is 9.00. The Morgan fingerprint density at radius 2 is 1.84 bits per heavy atom. The number of rotatable bonds is 4. The number of cyclic esters (lactones) is 1. The number of hydrogen-bond acceptors (Lipinski definition) is 5. The fourth-order valence-electron chi connectivity index (χ4n) is 3.35. The molecule has 1 saturated carbocycles. The molecule has 2 fully saturated rings. The summed E-state index contributed by atoms with van der Waals surface area (Å²) in [5, 5.41) is 0. The molecule has 0 radical (unpaired) electrons. The Morgan fingerprint density at radius 1 is 1.12 bits per heavy atom. The molecule has 0 spiro atoms. The number of esters is 1. The summed E-state index contributed by atoms with van der Waals surface area (Å²) in [5.74, 6) is 0.358. The van der Waals surface area contributed by atoms with Crippen molar-refractivity contribution in [3.8, 4) is 5.75 Å². The van der Waals surface area contributed by atoms with Crippen molar-refractivity contribution in [1.29, 1.82) is 0 Å². The lowest BCUT2D eigenvalue weighted by Gasteiger charge is -2.32. The van der Waals surface area contributed by atoms with Crippen LogP contribution in [0.1, 0.15) is 32.6 Å². The van der Waals surface area contributed by atoms with E-state index in [-0.39, 0.29) is 24.8 Å². The zero-order valence-corrected chi connectivity index (χ0v) is 14.8. The predicted octanol–water partition coefficient (Wildman–Crippen LogP) is 1.33. The van der Waals surface area contributed by atoms with Crippen molar-refractivity contribution in [3.63, 3.8) is 0 Å². The third-order valence-electron chi connectivity index (χ3n) is 4.75. The summed E-state index contributed by atoms with van der Waals surface area (Å²) in [6.07, 6.45) is 3.52. The van der Waals surface area contributed by atoms with E-state index >= 15 is 0 Å². The highest BCUT2D eigenvalue weighted by atomic mass is 16.6. The molecule has 0 aromatic heterocycles. The Labute approximate surface area is 148 Å². The highest BCUT2D eigenvalue weighted by molar-refractivity contribution is 5.74. The molecular weight excluding hydrogens is 322 g/mol. The molecule has 3 N–H and O–H groups in total. The van der Waals surface area contributed by atoms with Crippen LogP contribution in [-0.4, -0.2) is 49.6 Å². The standard InChI is InChI=1S/C19H27NO5/c1-13-18(25-15-7-3-2-4-8-15)17(24-14-9-5-6-10-14)12-22-11-16(20)19(21)23-13/h2-4,7-8,13-14,16-18H,5-6,9-12,20H2,1H3/p+1/t13-,16-,17-,18-/m0/s1. The van der Waals surface area contributed by atoms with Crippen LogP contribution in [0, 0.1) is 0 Å². The Hall–Kier alpha value is -1.63. The van der Waals surface area contributed by atoms with Crippen LogP contribution in [0.4, 0.5) is 0 Å². The van der Waals surface area contributed by atoms with Gasteiger partial charge in [0.15, 0.2) is 6.10 Å². The van der Waals surface area contributed by atoms with Gasteiger partial charge in [-0.2, -0.15) is 0 Å². The third kappa shape index (κ3) is 4.93. The average Bonchev–Trinajstić information content (AvgIpc) is 3.12. The van der Waals surface area contributed by atoms with E-state index in [1.165, 1.54) is 12.8 Å². The van der Waals surface area contributed by atoms with Crippen molar-refractivity contribution >= 4 is 5.97 Å². The first-order valence-electron chi connectivity index (χ1n) is 9.12. The lowest BCUT2D eigenvalue weighted by molar-refractivity contribution is -0.415. The van der Waals surface area contributed by atoms with Crippen molar-refractivity contribution in [2.45, 2.75) is 63.1 Å². The fourth-order valence-corrected chi connectivity index (χ4v) is 3.35. The molecule has 6 heteroatoms. The molecule has 3 rings (SSSR count). The van der Waals surface area contributed by atoms with Gasteiger partial charge < -0.3 is 24.7 Å². The van der Waals surface area contributed by atoms with Crippen LogP contribution in [0.25, 0.3) is 0 Å². The second-order valence-electron chi connectivity index (χ2n) is 6.85. The number of carbonyl (C=O) groups is 1. The third-order valence-corrected chi connectivity index (χ3v) is 4.75. The lowest BCUT2D eigenvalue weighted by atomic mass is 10.1. The summed E-state index contributed by atoms with van der Waals surface area (Å²) in [4.78, 5) is 12.1. The monoisotopic (exact) mass is 350 g/mol. The van der Waals surface area contributed by atoms with Gasteiger partial charge in [0.1, 0.15) is 24.6 Å². The molecule has 2 aliphatic rings. The second-order valence-corrected chi connectivity index (χ2v) is 6.85. The molecule has 1 aromatic rings. The molecule has 6 nitrogen and oxygen atoms in total. The summed E-state index contributed by atoms with van der Waals surface area (Å²) in [7, 11) is 0. The van der Waals surface area contributed by atoms with Gasteiger partial charge >= 0.3 is 5.97 Å². The van der Waals surface area contributed by atoms with Gasteiger partial charge in [0.05, 0.1) is 12.7 Å². The molecule has 1 aliphatic heterocycles. The summed E-state index contributed by atoms with van der Waals surface area (Å²) in [5.41, 5.74) is 3.81. The number of hydrogen-bond donors (Lipinski definition) is 1. The van der Waals surface area contributed by atoms with Crippen molar-refractivity contribution in [1.82, 2.24) is 0 Å². The number of benzene rings is 1. The van der Waals surface area contributed by atoms with Gasteiger partial charge in [-0.1, -0.05) is 31.0 Å². The minimum Gasteiger partial charge on any atom is -0.484 e. The summed E-state index contributed by atoms with van der Waals surface area (Å²) in [6.45, 7) is 2.43. The molecule has 1 aliphatic carbocycles. The zero-order chi connectivity index (χ0) is 17.6. The van der Waals surface area contributed by atoms with Crippen LogP contribution in [0.5, 0.6) is 5.75 Å². The van der Waals surface area contributed by atoms with Crippen molar-refractivity contribution in [3.05, 3.63) is 30.3 Å². The highest BCUT2D eigenvalue weighted by Crippen LogP contribution is 2.26. The minimum absolute atomic E-state index is 0.217. The molecule has 1 saturated heterocycles. The van der Waals surface area contributed by atoms with Gasteiger partial charge in [-0.15, -0.1) is 0 Å². The molecule has 0 unspecified atom stereocenters. The molecular formula is C19H28NO5+. The molecule has 0 amide bonds. The number of para-hydroxylation sites is 1. The topological polar surface area (TPSA) is 81.6 Å². The Bertz CT molecular complexity index is 546. The van der Waals surface area contributed by atoms with E-state index in [2.05, 4.69) is 5.73 Å². The van der Waals surface area contributed by atoms with Gasteiger partial charge in [-0.25, -0.2) is 4.79 Å². The SMILES string of the molecule is C[C@@H]1OC(=O)[C@@H]([NH3+])COC[C@H](OC2CCCC2)[C@H]1Oc1ccccc1. The Morgan fingerprint density at radius 3 is 2.56 bits per heavy atom. The van der Waals surface area contributed by atoms with Gasteiger partial charge in [0.2, 0.25) is 6.04 Å². The Kier molecular flexibility index (Phi) is 6.29. The average molecular weight is 350 g/mol. The predicted molar refractivity (Wildman–Crippen MR) is 91.0 cm³/mol. The molecule has 138 valence electrons. The molecule has 4 atom stereocenters. The van der Waals surface area contributed by atoms with Crippen molar-refractivity contribution in [2.24, 2.45) is 0 Å². The first-order chi connectivity index (χ1) is 12.1. The van der Waals surface area contributed by atoms with E-state index < -0.39 is 18.2 Å².